The van der Waals surface area contributed by atoms with Gasteiger partial charge in [-0.15, -0.1) is 0 Å². The Labute approximate surface area is 71.1 Å². The van der Waals surface area contributed by atoms with Gasteiger partial charge in [0.2, 0.25) is 0 Å². The average molecular weight is 171 g/mol. The number of hydrogen-bond acceptors (Lipinski definition) is 4. The molecule has 0 radical (unpaired) electrons. The second kappa shape index (κ2) is 4.11. The molecule has 0 aliphatic rings. The van der Waals surface area contributed by atoms with Crippen LogP contribution in [0.4, 0.5) is 0 Å². The van der Waals surface area contributed by atoms with Crippen molar-refractivity contribution >= 4 is 0 Å². The van der Waals surface area contributed by atoms with E-state index in [1.54, 1.807) is 6.07 Å². The number of hydrogen-bond donors (Lipinski definition) is 1. The van der Waals surface area contributed by atoms with Gasteiger partial charge in [-0.3, -0.25) is 0 Å². The van der Waals surface area contributed by atoms with E-state index < -0.39 is 0 Å². The summed E-state index contributed by atoms with van der Waals surface area (Å²) in [7, 11) is 0. The zero-order valence-electron chi connectivity index (χ0n) is 7.28. The van der Waals surface area contributed by atoms with Crippen molar-refractivity contribution in [3.8, 4) is 5.88 Å². The maximum Gasteiger partial charge on any atom is 0.254 e. The topological polar surface area (TPSA) is 55.5 Å². The lowest BCUT2D eigenvalue weighted by atomic mass is 10.3. The number of rotatable bonds is 4. The van der Waals surface area contributed by atoms with E-state index in [0.29, 0.717) is 11.6 Å². The van der Waals surface area contributed by atoms with Crippen LogP contribution in [-0.4, -0.2) is 16.4 Å². The Hall–Kier alpha value is -1.03. The summed E-state index contributed by atoms with van der Waals surface area (Å²) in [5.41, 5.74) is 0. The minimum Gasteiger partial charge on any atom is -0.472 e. The van der Waals surface area contributed by atoms with Gasteiger partial charge in [0.1, 0.15) is 6.61 Å². The van der Waals surface area contributed by atoms with Crippen molar-refractivity contribution in [2.45, 2.75) is 33.0 Å². The Morgan fingerprint density at radius 2 is 2.50 bits per heavy atom. The molecule has 0 amide bonds. The molecule has 1 rings (SSSR count). The maximum atomic E-state index is 8.65. The molecule has 1 heterocycles. The molecule has 12 heavy (non-hydrogen) atoms. The SMILES string of the molecule is CC[C@H](C)Oc1cc(CO)on1. The van der Waals surface area contributed by atoms with Crippen molar-refractivity contribution in [2.75, 3.05) is 0 Å². The minimum absolute atomic E-state index is 0.127. The van der Waals surface area contributed by atoms with Gasteiger partial charge >= 0.3 is 0 Å². The van der Waals surface area contributed by atoms with Crippen LogP contribution in [-0.2, 0) is 6.61 Å². The standard InChI is InChI=1S/C8H13NO3/c1-3-6(2)11-8-4-7(5-10)12-9-8/h4,6,10H,3,5H2,1-2H3/t6-/m0/s1. The summed E-state index contributed by atoms with van der Waals surface area (Å²) in [5, 5.41) is 12.3. The molecule has 0 aliphatic carbocycles. The third kappa shape index (κ3) is 2.23. The molecule has 0 saturated heterocycles. The van der Waals surface area contributed by atoms with E-state index in [-0.39, 0.29) is 12.7 Å². The van der Waals surface area contributed by atoms with Gasteiger partial charge in [-0.05, 0) is 18.5 Å². The van der Waals surface area contributed by atoms with E-state index in [0.717, 1.165) is 6.42 Å². The molecule has 0 aliphatic heterocycles. The van der Waals surface area contributed by atoms with E-state index in [2.05, 4.69) is 5.16 Å². The molecule has 0 bridgehead atoms. The van der Waals surface area contributed by atoms with Gasteiger partial charge < -0.3 is 14.4 Å². The normalized spacial score (nSPS) is 12.9. The lowest BCUT2D eigenvalue weighted by molar-refractivity contribution is 0.190. The fraction of sp³-hybridized carbons (Fsp3) is 0.625. The monoisotopic (exact) mass is 171 g/mol. The third-order valence-corrected chi connectivity index (χ3v) is 1.59. The Morgan fingerprint density at radius 3 is 3.00 bits per heavy atom. The van der Waals surface area contributed by atoms with Crippen LogP contribution in [0.1, 0.15) is 26.0 Å². The molecule has 0 fully saturated rings. The molecule has 68 valence electrons. The lowest BCUT2D eigenvalue weighted by Gasteiger charge is -2.07. The highest BCUT2D eigenvalue weighted by molar-refractivity contribution is 5.10. The van der Waals surface area contributed by atoms with Crippen LogP contribution in [0.5, 0.6) is 5.88 Å². The quantitative estimate of drug-likeness (QED) is 0.742. The van der Waals surface area contributed by atoms with Gasteiger partial charge in [-0.1, -0.05) is 6.92 Å². The summed E-state index contributed by atoms with van der Waals surface area (Å²) in [4.78, 5) is 0. The summed E-state index contributed by atoms with van der Waals surface area (Å²) in [5.74, 6) is 0.863. The highest BCUT2D eigenvalue weighted by Gasteiger charge is 2.06. The van der Waals surface area contributed by atoms with E-state index in [1.165, 1.54) is 0 Å². The molecule has 4 nitrogen and oxygen atoms in total. The molecular formula is C8H13NO3. The van der Waals surface area contributed by atoms with Crippen LogP contribution >= 0.6 is 0 Å². The van der Waals surface area contributed by atoms with Gasteiger partial charge in [-0.25, -0.2) is 0 Å². The van der Waals surface area contributed by atoms with Gasteiger partial charge in [-0.2, -0.15) is 0 Å². The van der Waals surface area contributed by atoms with Gasteiger partial charge in [0, 0.05) is 6.07 Å². The first-order valence-electron chi connectivity index (χ1n) is 3.99. The van der Waals surface area contributed by atoms with Crippen molar-refractivity contribution in [3.63, 3.8) is 0 Å². The van der Waals surface area contributed by atoms with Gasteiger partial charge in [0.15, 0.2) is 5.76 Å². The zero-order valence-corrected chi connectivity index (χ0v) is 7.28. The number of aliphatic hydroxyl groups is 1. The lowest BCUT2D eigenvalue weighted by Crippen LogP contribution is -2.09. The zero-order chi connectivity index (χ0) is 8.97. The third-order valence-electron chi connectivity index (χ3n) is 1.59. The largest absolute Gasteiger partial charge is 0.472 e. The number of nitrogens with zero attached hydrogens (tertiary/aromatic N) is 1. The fourth-order valence-electron chi connectivity index (χ4n) is 0.714. The number of ether oxygens (including phenoxy) is 1. The molecule has 1 N–H and O–H groups in total. The smallest absolute Gasteiger partial charge is 0.254 e. The van der Waals surface area contributed by atoms with Crippen LogP contribution in [0.3, 0.4) is 0 Å². The number of aliphatic hydroxyl groups excluding tert-OH is 1. The highest BCUT2D eigenvalue weighted by Crippen LogP contribution is 2.13. The summed E-state index contributed by atoms with van der Waals surface area (Å²) in [6.07, 6.45) is 1.04. The first-order valence-corrected chi connectivity index (χ1v) is 3.99. The fourth-order valence-corrected chi connectivity index (χ4v) is 0.714. The van der Waals surface area contributed by atoms with Crippen LogP contribution in [0, 0.1) is 0 Å². The maximum absolute atomic E-state index is 8.65. The summed E-state index contributed by atoms with van der Waals surface area (Å²) >= 11 is 0. The predicted octanol–water partition coefficient (Wildman–Crippen LogP) is 1.34. The van der Waals surface area contributed by atoms with Crippen LogP contribution in [0.15, 0.2) is 10.6 Å². The van der Waals surface area contributed by atoms with Crippen molar-refractivity contribution in [3.05, 3.63) is 11.8 Å². The Balaban J connectivity index is 2.52. The van der Waals surface area contributed by atoms with Crippen LogP contribution < -0.4 is 4.74 Å². The van der Waals surface area contributed by atoms with Crippen LogP contribution in [0.25, 0.3) is 0 Å². The molecular weight excluding hydrogens is 158 g/mol. The van der Waals surface area contributed by atoms with Crippen molar-refractivity contribution in [1.82, 2.24) is 5.16 Å². The summed E-state index contributed by atoms with van der Waals surface area (Å²) in [6.45, 7) is 3.84. The number of aromatic nitrogens is 1. The van der Waals surface area contributed by atoms with Gasteiger partial charge in [0.25, 0.3) is 5.88 Å². The summed E-state index contributed by atoms with van der Waals surface area (Å²) < 4.78 is 10.1. The molecule has 1 aromatic heterocycles. The Kier molecular flexibility index (Phi) is 3.10. The molecule has 0 saturated carbocycles. The molecule has 0 spiro atoms. The first-order chi connectivity index (χ1) is 5.76. The second-order valence-corrected chi connectivity index (χ2v) is 2.63. The van der Waals surface area contributed by atoms with Gasteiger partial charge in [0.05, 0.1) is 6.10 Å². The first kappa shape index (κ1) is 9.06. The predicted molar refractivity (Wildman–Crippen MR) is 42.8 cm³/mol. The molecule has 0 unspecified atom stereocenters. The summed E-state index contributed by atoms with van der Waals surface area (Å²) in [6, 6.07) is 1.59. The van der Waals surface area contributed by atoms with E-state index >= 15 is 0 Å². The van der Waals surface area contributed by atoms with E-state index in [1.807, 2.05) is 13.8 Å². The van der Waals surface area contributed by atoms with Crippen LogP contribution in [0.2, 0.25) is 0 Å². The molecule has 0 aromatic carbocycles. The van der Waals surface area contributed by atoms with E-state index in [4.69, 9.17) is 14.4 Å². The average Bonchev–Trinajstić information content (AvgIpc) is 2.52. The van der Waals surface area contributed by atoms with Crippen molar-refractivity contribution < 1.29 is 14.4 Å². The van der Waals surface area contributed by atoms with E-state index in [9.17, 15) is 0 Å². The Bertz CT molecular complexity index is 234. The van der Waals surface area contributed by atoms with Crippen molar-refractivity contribution in [2.24, 2.45) is 0 Å². The molecule has 4 heteroatoms. The highest BCUT2D eigenvalue weighted by atomic mass is 16.5. The molecule has 1 aromatic rings. The Morgan fingerprint density at radius 1 is 1.75 bits per heavy atom. The molecule has 1 atom stereocenters. The second-order valence-electron chi connectivity index (χ2n) is 2.63. The minimum atomic E-state index is -0.142. The van der Waals surface area contributed by atoms with Crippen molar-refractivity contribution in [1.29, 1.82) is 0 Å².